The largest absolute Gasteiger partial charge is 0.496 e. The Bertz CT molecular complexity index is 745. The first kappa shape index (κ1) is 16.3. The molecule has 1 aliphatic carbocycles. The quantitative estimate of drug-likeness (QED) is 0.876. The minimum atomic E-state index is -0.107. The van der Waals surface area contributed by atoms with Crippen LogP contribution in [-0.4, -0.2) is 18.8 Å². The standard InChI is InChI=1S/C21H28O2/c1-13(2)17-9-15-10-19-16(7-6-8-21(19,4)12-22)14(3)18(15)11-20(17)23-5/h9-11,13,22H,6-8,12H2,1-5H3/t21-/m0/s1. The number of aliphatic hydroxyl groups excluding tert-OH is 1. The van der Waals surface area contributed by atoms with Gasteiger partial charge >= 0.3 is 0 Å². The number of ether oxygens (including phenoxy) is 1. The highest BCUT2D eigenvalue weighted by atomic mass is 16.5. The molecule has 0 unspecified atom stereocenters. The zero-order valence-electron chi connectivity index (χ0n) is 15.0. The number of rotatable bonds is 3. The van der Waals surface area contributed by atoms with E-state index in [4.69, 9.17) is 4.74 Å². The normalized spacial score (nSPS) is 20.8. The van der Waals surface area contributed by atoms with Gasteiger partial charge in [0.15, 0.2) is 0 Å². The number of aryl methyl sites for hydroxylation is 1. The van der Waals surface area contributed by atoms with Crippen LogP contribution in [0.3, 0.4) is 0 Å². The van der Waals surface area contributed by atoms with Crippen LogP contribution in [0.5, 0.6) is 5.75 Å². The molecule has 0 spiro atoms. The zero-order valence-corrected chi connectivity index (χ0v) is 15.0. The summed E-state index contributed by atoms with van der Waals surface area (Å²) in [5.41, 5.74) is 5.27. The Morgan fingerprint density at radius 2 is 2.00 bits per heavy atom. The summed E-state index contributed by atoms with van der Waals surface area (Å²) in [4.78, 5) is 0. The van der Waals surface area contributed by atoms with Gasteiger partial charge in [-0.3, -0.25) is 0 Å². The molecule has 0 amide bonds. The molecule has 1 N–H and O–H groups in total. The van der Waals surface area contributed by atoms with E-state index in [2.05, 4.69) is 45.9 Å². The summed E-state index contributed by atoms with van der Waals surface area (Å²) in [6, 6.07) is 6.79. The Kier molecular flexibility index (Phi) is 4.14. The monoisotopic (exact) mass is 312 g/mol. The minimum absolute atomic E-state index is 0.107. The number of fused-ring (bicyclic) bond motifs is 2. The summed E-state index contributed by atoms with van der Waals surface area (Å²) in [5.74, 6) is 1.41. The number of methoxy groups -OCH3 is 1. The van der Waals surface area contributed by atoms with E-state index in [1.54, 1.807) is 7.11 Å². The molecule has 0 heterocycles. The third kappa shape index (κ3) is 2.53. The van der Waals surface area contributed by atoms with Gasteiger partial charge < -0.3 is 9.84 Å². The minimum Gasteiger partial charge on any atom is -0.496 e. The van der Waals surface area contributed by atoms with Gasteiger partial charge in [-0.05, 0) is 77.3 Å². The molecule has 2 aromatic carbocycles. The second-order valence-corrected chi connectivity index (χ2v) is 7.57. The molecule has 0 radical (unpaired) electrons. The molecule has 0 bridgehead atoms. The van der Waals surface area contributed by atoms with Gasteiger partial charge in [0.25, 0.3) is 0 Å². The van der Waals surface area contributed by atoms with Crippen LogP contribution in [-0.2, 0) is 11.8 Å². The van der Waals surface area contributed by atoms with Gasteiger partial charge in [0.1, 0.15) is 5.75 Å². The van der Waals surface area contributed by atoms with Gasteiger partial charge in [-0.15, -0.1) is 0 Å². The van der Waals surface area contributed by atoms with Crippen molar-refractivity contribution in [1.82, 2.24) is 0 Å². The van der Waals surface area contributed by atoms with Crippen LogP contribution in [0.1, 0.15) is 61.8 Å². The summed E-state index contributed by atoms with van der Waals surface area (Å²) in [6.07, 6.45) is 3.33. The van der Waals surface area contributed by atoms with Gasteiger partial charge in [0.05, 0.1) is 13.7 Å². The van der Waals surface area contributed by atoms with E-state index in [1.807, 2.05) is 0 Å². The van der Waals surface area contributed by atoms with E-state index in [1.165, 1.54) is 33.0 Å². The van der Waals surface area contributed by atoms with E-state index in [-0.39, 0.29) is 12.0 Å². The summed E-state index contributed by atoms with van der Waals surface area (Å²) >= 11 is 0. The Morgan fingerprint density at radius 3 is 2.61 bits per heavy atom. The van der Waals surface area contributed by atoms with Gasteiger partial charge in [-0.25, -0.2) is 0 Å². The highest BCUT2D eigenvalue weighted by Crippen LogP contribution is 2.42. The van der Waals surface area contributed by atoms with E-state index in [9.17, 15) is 5.11 Å². The fraction of sp³-hybridized carbons (Fsp3) is 0.524. The lowest BCUT2D eigenvalue weighted by Gasteiger charge is -2.36. The first-order valence-corrected chi connectivity index (χ1v) is 8.66. The first-order valence-electron chi connectivity index (χ1n) is 8.66. The number of benzene rings is 2. The molecule has 1 atom stereocenters. The summed E-state index contributed by atoms with van der Waals surface area (Å²) < 4.78 is 5.64. The predicted octanol–water partition coefficient (Wildman–Crippen LogP) is 4.87. The van der Waals surface area contributed by atoms with Crippen LogP contribution in [0, 0.1) is 6.92 Å². The third-order valence-corrected chi connectivity index (χ3v) is 5.66. The second-order valence-electron chi connectivity index (χ2n) is 7.57. The van der Waals surface area contributed by atoms with Gasteiger partial charge in [-0.2, -0.15) is 0 Å². The molecular weight excluding hydrogens is 284 g/mol. The van der Waals surface area contributed by atoms with Gasteiger partial charge in [0, 0.05) is 5.41 Å². The maximum Gasteiger partial charge on any atom is 0.122 e. The molecule has 0 aromatic heterocycles. The SMILES string of the molecule is COc1cc2c(C)c3c(cc2cc1C(C)C)[C@](C)(CO)CCC3. The molecule has 124 valence electrons. The van der Waals surface area contributed by atoms with Gasteiger partial charge in [-0.1, -0.05) is 26.8 Å². The van der Waals surface area contributed by atoms with Crippen molar-refractivity contribution in [3.8, 4) is 5.75 Å². The lowest BCUT2D eigenvalue weighted by Crippen LogP contribution is -2.31. The second kappa shape index (κ2) is 5.83. The van der Waals surface area contributed by atoms with Crippen molar-refractivity contribution in [3.05, 3.63) is 40.5 Å². The maximum atomic E-state index is 9.97. The van der Waals surface area contributed by atoms with Crippen molar-refractivity contribution in [1.29, 1.82) is 0 Å². The predicted molar refractivity (Wildman–Crippen MR) is 96.7 cm³/mol. The topological polar surface area (TPSA) is 29.5 Å². The fourth-order valence-corrected chi connectivity index (χ4v) is 4.11. The van der Waals surface area contributed by atoms with E-state index < -0.39 is 0 Å². The van der Waals surface area contributed by atoms with E-state index >= 15 is 0 Å². The van der Waals surface area contributed by atoms with Crippen LogP contribution in [0.15, 0.2) is 18.2 Å². The summed E-state index contributed by atoms with van der Waals surface area (Å²) in [5, 5.41) is 12.5. The Morgan fingerprint density at radius 1 is 1.26 bits per heavy atom. The zero-order chi connectivity index (χ0) is 16.8. The average molecular weight is 312 g/mol. The summed E-state index contributed by atoms with van der Waals surface area (Å²) in [6.45, 7) is 9.04. The lowest BCUT2D eigenvalue weighted by molar-refractivity contribution is 0.188. The van der Waals surface area contributed by atoms with E-state index in [0.717, 1.165) is 25.0 Å². The van der Waals surface area contributed by atoms with Crippen molar-refractivity contribution in [2.75, 3.05) is 13.7 Å². The van der Waals surface area contributed by atoms with Crippen molar-refractivity contribution in [3.63, 3.8) is 0 Å². The molecule has 1 aliphatic rings. The highest BCUT2D eigenvalue weighted by molar-refractivity contribution is 5.90. The Hall–Kier alpha value is -1.54. The highest BCUT2D eigenvalue weighted by Gasteiger charge is 2.32. The molecule has 0 aliphatic heterocycles. The number of hydrogen-bond acceptors (Lipinski definition) is 2. The third-order valence-electron chi connectivity index (χ3n) is 5.66. The Labute approximate surface area is 139 Å². The van der Waals surface area contributed by atoms with Crippen LogP contribution in [0.4, 0.5) is 0 Å². The van der Waals surface area contributed by atoms with Crippen molar-refractivity contribution in [2.45, 2.75) is 58.3 Å². The lowest BCUT2D eigenvalue weighted by atomic mass is 9.70. The molecule has 3 rings (SSSR count). The van der Waals surface area contributed by atoms with Crippen molar-refractivity contribution >= 4 is 10.8 Å². The molecule has 2 aromatic rings. The number of hydrogen-bond donors (Lipinski definition) is 1. The van der Waals surface area contributed by atoms with E-state index in [0.29, 0.717) is 5.92 Å². The molecule has 2 nitrogen and oxygen atoms in total. The molecular formula is C21H28O2. The molecule has 2 heteroatoms. The first-order chi connectivity index (χ1) is 10.9. The average Bonchev–Trinajstić information content (AvgIpc) is 2.55. The fourth-order valence-electron chi connectivity index (χ4n) is 4.11. The van der Waals surface area contributed by atoms with Crippen molar-refractivity contribution in [2.24, 2.45) is 0 Å². The smallest absolute Gasteiger partial charge is 0.122 e. The van der Waals surface area contributed by atoms with Gasteiger partial charge in [0.2, 0.25) is 0 Å². The van der Waals surface area contributed by atoms with Crippen LogP contribution >= 0.6 is 0 Å². The number of aliphatic hydroxyl groups is 1. The van der Waals surface area contributed by atoms with Crippen LogP contribution in [0.2, 0.25) is 0 Å². The summed E-state index contributed by atoms with van der Waals surface area (Å²) in [7, 11) is 1.75. The van der Waals surface area contributed by atoms with Crippen molar-refractivity contribution < 1.29 is 9.84 Å². The molecule has 0 saturated carbocycles. The van der Waals surface area contributed by atoms with Crippen LogP contribution in [0.25, 0.3) is 10.8 Å². The molecule has 23 heavy (non-hydrogen) atoms. The van der Waals surface area contributed by atoms with Crippen LogP contribution < -0.4 is 4.74 Å². The molecule has 0 saturated heterocycles. The molecule has 0 fully saturated rings. The maximum absolute atomic E-state index is 9.97. The Balaban J connectivity index is 2.33.